The van der Waals surface area contributed by atoms with E-state index in [0.29, 0.717) is 25.3 Å². The lowest BCUT2D eigenvalue weighted by Crippen LogP contribution is -2.37. The highest BCUT2D eigenvalue weighted by Crippen LogP contribution is 2.22. The molecule has 0 bridgehead atoms. The van der Waals surface area contributed by atoms with Gasteiger partial charge in [0.1, 0.15) is 12.4 Å². The molecule has 0 unspecified atom stereocenters. The summed E-state index contributed by atoms with van der Waals surface area (Å²) in [6.45, 7) is 5.13. The van der Waals surface area contributed by atoms with E-state index < -0.39 is 0 Å². The van der Waals surface area contributed by atoms with Crippen LogP contribution in [0.3, 0.4) is 0 Å². The van der Waals surface area contributed by atoms with Gasteiger partial charge in [-0.1, -0.05) is 30.3 Å². The summed E-state index contributed by atoms with van der Waals surface area (Å²) in [7, 11) is 0. The summed E-state index contributed by atoms with van der Waals surface area (Å²) in [5, 5.41) is 3.30. The van der Waals surface area contributed by atoms with Crippen molar-refractivity contribution in [1.29, 1.82) is 0 Å². The average Bonchev–Trinajstić information content (AvgIpc) is 2.77. The smallest absolute Gasteiger partial charge is 0.289 e. The zero-order chi connectivity index (χ0) is 20.6. The first kappa shape index (κ1) is 20.8. The zero-order valence-corrected chi connectivity index (χ0v) is 17.4. The fraction of sp³-hybridized carbons (Fsp3) is 0.458. The van der Waals surface area contributed by atoms with Crippen molar-refractivity contribution in [2.45, 2.75) is 38.3 Å². The summed E-state index contributed by atoms with van der Waals surface area (Å²) in [5.41, 5.74) is 3.25. The number of anilines is 1. The first-order chi connectivity index (χ1) is 14.8. The van der Waals surface area contributed by atoms with Crippen LogP contribution in [0.2, 0.25) is 0 Å². The van der Waals surface area contributed by atoms with Gasteiger partial charge >= 0.3 is 0 Å². The van der Waals surface area contributed by atoms with Gasteiger partial charge in [-0.05, 0) is 49.4 Å². The molecule has 2 aliphatic heterocycles. The monoisotopic (exact) mass is 411 g/mol. The van der Waals surface area contributed by atoms with Crippen molar-refractivity contribution in [3.63, 3.8) is 0 Å². The molecule has 1 fully saturated rings. The third-order valence-electron chi connectivity index (χ3n) is 5.67. The van der Waals surface area contributed by atoms with Crippen LogP contribution in [0.25, 0.3) is 0 Å². The Morgan fingerprint density at radius 2 is 1.97 bits per heavy atom. The molecule has 30 heavy (non-hydrogen) atoms. The molecular formula is C24H30FN3O2. The first-order valence-electron chi connectivity index (χ1n) is 10.9. The lowest BCUT2D eigenvalue weighted by molar-refractivity contribution is 0.117. The van der Waals surface area contributed by atoms with Crippen LogP contribution >= 0.6 is 0 Å². The van der Waals surface area contributed by atoms with Gasteiger partial charge in [0, 0.05) is 37.5 Å². The average molecular weight is 412 g/mol. The van der Waals surface area contributed by atoms with Crippen LogP contribution in [0, 0.1) is 5.82 Å². The number of amidine groups is 1. The summed E-state index contributed by atoms with van der Waals surface area (Å²) in [4.78, 5) is 7.27. The molecule has 0 radical (unpaired) electrons. The number of nitrogens with one attached hydrogen (secondary N) is 1. The van der Waals surface area contributed by atoms with Gasteiger partial charge in [0.05, 0.1) is 12.6 Å². The van der Waals surface area contributed by atoms with Crippen LogP contribution in [0.5, 0.6) is 0 Å². The van der Waals surface area contributed by atoms with Crippen LogP contribution in [0.4, 0.5) is 10.1 Å². The highest BCUT2D eigenvalue weighted by molar-refractivity contribution is 5.91. The van der Waals surface area contributed by atoms with Crippen LogP contribution in [0.1, 0.15) is 30.4 Å². The van der Waals surface area contributed by atoms with E-state index >= 15 is 0 Å². The molecule has 0 amide bonds. The summed E-state index contributed by atoms with van der Waals surface area (Å²) < 4.78 is 24.6. The highest BCUT2D eigenvalue weighted by Gasteiger charge is 2.21. The number of ether oxygens (including phenoxy) is 2. The Morgan fingerprint density at radius 3 is 2.83 bits per heavy atom. The van der Waals surface area contributed by atoms with Crippen molar-refractivity contribution < 1.29 is 13.9 Å². The van der Waals surface area contributed by atoms with E-state index in [1.54, 1.807) is 12.1 Å². The number of aliphatic imine (C=N–C) groups is 1. The zero-order valence-electron chi connectivity index (χ0n) is 17.4. The van der Waals surface area contributed by atoms with Gasteiger partial charge in [0.15, 0.2) is 0 Å². The second-order valence-corrected chi connectivity index (χ2v) is 7.92. The van der Waals surface area contributed by atoms with E-state index in [9.17, 15) is 4.39 Å². The quantitative estimate of drug-likeness (QED) is 0.660. The summed E-state index contributed by atoms with van der Waals surface area (Å²) in [6.07, 6.45) is 3.88. The molecule has 0 atom stereocenters. The lowest BCUT2D eigenvalue weighted by atomic mass is 10.1. The minimum Gasteiger partial charge on any atom is -0.460 e. The number of halogens is 1. The van der Waals surface area contributed by atoms with Gasteiger partial charge in [-0.3, -0.25) is 0 Å². The molecule has 2 heterocycles. The number of likely N-dealkylation sites (tertiary alicyclic amines) is 1. The molecule has 2 aromatic carbocycles. The Bertz CT molecular complexity index is 850. The van der Waals surface area contributed by atoms with Gasteiger partial charge in [-0.15, -0.1) is 0 Å². The van der Waals surface area contributed by atoms with Gasteiger partial charge in [-0.25, -0.2) is 9.38 Å². The van der Waals surface area contributed by atoms with Crippen LogP contribution in [-0.2, 0) is 22.5 Å². The number of fused-ring (bicyclic) bond motifs is 1. The standard InChI is InChI=1S/C24H30FN3O2/c25-21-7-3-5-19(17-21)11-16-29-15-4-12-28-13-9-22(10-14-28)26-24-27-23-8-2-1-6-20(23)18-30-24/h1-3,5-8,17,22H,4,9-16,18H2,(H,26,27). The molecule has 1 N–H and O–H groups in total. The Hall–Kier alpha value is -2.44. The van der Waals surface area contributed by atoms with E-state index in [2.05, 4.69) is 22.3 Å². The van der Waals surface area contributed by atoms with E-state index in [0.717, 1.165) is 63.2 Å². The van der Waals surface area contributed by atoms with E-state index in [1.165, 1.54) is 11.6 Å². The maximum atomic E-state index is 13.2. The largest absolute Gasteiger partial charge is 0.460 e. The van der Waals surface area contributed by atoms with Gasteiger partial charge in [-0.2, -0.15) is 0 Å². The predicted molar refractivity (Wildman–Crippen MR) is 117 cm³/mol. The highest BCUT2D eigenvalue weighted by atomic mass is 19.1. The fourth-order valence-corrected chi connectivity index (χ4v) is 3.95. The van der Waals surface area contributed by atoms with Crippen molar-refractivity contribution in [1.82, 2.24) is 4.90 Å². The number of benzene rings is 2. The summed E-state index contributed by atoms with van der Waals surface area (Å²) in [5.74, 6) is -0.184. The molecule has 2 aliphatic rings. The Morgan fingerprint density at radius 1 is 1.10 bits per heavy atom. The van der Waals surface area contributed by atoms with Crippen molar-refractivity contribution in [2.75, 3.05) is 38.2 Å². The lowest BCUT2D eigenvalue weighted by Gasteiger charge is -2.31. The summed E-state index contributed by atoms with van der Waals surface area (Å²) >= 11 is 0. The fourth-order valence-electron chi connectivity index (χ4n) is 3.95. The molecular weight excluding hydrogens is 381 g/mol. The van der Waals surface area contributed by atoms with Crippen molar-refractivity contribution in [2.24, 2.45) is 4.99 Å². The number of para-hydroxylation sites is 1. The molecule has 160 valence electrons. The van der Waals surface area contributed by atoms with Gasteiger partial charge in [0.2, 0.25) is 0 Å². The molecule has 0 spiro atoms. The van der Waals surface area contributed by atoms with E-state index in [-0.39, 0.29) is 5.82 Å². The van der Waals surface area contributed by atoms with E-state index in [4.69, 9.17) is 14.5 Å². The van der Waals surface area contributed by atoms with Gasteiger partial charge in [0.25, 0.3) is 6.02 Å². The Labute approximate surface area is 177 Å². The van der Waals surface area contributed by atoms with Crippen molar-refractivity contribution in [3.8, 4) is 0 Å². The molecule has 6 heteroatoms. The minimum atomic E-state index is -0.184. The number of hydrogen-bond acceptors (Lipinski definition) is 4. The number of piperidine rings is 1. The number of nitrogens with zero attached hydrogens (tertiary/aromatic N) is 2. The van der Waals surface area contributed by atoms with Crippen molar-refractivity contribution in [3.05, 3.63) is 65.5 Å². The summed E-state index contributed by atoms with van der Waals surface area (Å²) in [6, 6.07) is 15.9. The number of rotatable bonds is 8. The van der Waals surface area contributed by atoms with E-state index in [1.807, 2.05) is 18.2 Å². The molecule has 0 saturated carbocycles. The SMILES string of the molecule is Fc1cccc(CCOCCCN2CCC(N=C3Nc4ccccc4CO3)CC2)c1. The maximum absolute atomic E-state index is 13.2. The topological polar surface area (TPSA) is 46.1 Å². The molecule has 0 aliphatic carbocycles. The predicted octanol–water partition coefficient (Wildman–Crippen LogP) is 4.24. The van der Waals surface area contributed by atoms with Crippen LogP contribution < -0.4 is 5.32 Å². The van der Waals surface area contributed by atoms with Crippen LogP contribution in [-0.4, -0.2) is 49.8 Å². The third kappa shape index (κ3) is 6.03. The molecule has 1 saturated heterocycles. The van der Waals surface area contributed by atoms with Crippen molar-refractivity contribution >= 4 is 11.7 Å². The first-order valence-corrected chi connectivity index (χ1v) is 10.9. The molecule has 2 aromatic rings. The molecule has 5 nitrogen and oxygen atoms in total. The maximum Gasteiger partial charge on any atom is 0.289 e. The normalized spacial score (nSPS) is 18.6. The molecule has 0 aromatic heterocycles. The van der Waals surface area contributed by atoms with Gasteiger partial charge < -0.3 is 19.7 Å². The second kappa shape index (κ2) is 10.5. The van der Waals surface area contributed by atoms with Crippen LogP contribution in [0.15, 0.2) is 53.5 Å². The number of hydrogen-bond donors (Lipinski definition) is 1. The minimum absolute atomic E-state index is 0.184. The Balaban J connectivity index is 1.10. The Kier molecular flexibility index (Phi) is 7.32. The molecule has 4 rings (SSSR count). The third-order valence-corrected chi connectivity index (χ3v) is 5.67. The second-order valence-electron chi connectivity index (χ2n) is 7.92.